The van der Waals surface area contributed by atoms with E-state index in [2.05, 4.69) is 48.5 Å². The average Bonchev–Trinajstić information content (AvgIpc) is 3.58. The number of thiophene rings is 1. The molecule has 0 fully saturated rings. The first kappa shape index (κ1) is 35.3. The lowest BCUT2D eigenvalue weighted by Gasteiger charge is -2.18. The lowest BCUT2D eigenvalue weighted by Crippen LogP contribution is -2.49. The smallest absolute Gasteiger partial charge is 0.322 e. The second-order valence-corrected chi connectivity index (χ2v) is 13.6. The Hall–Kier alpha value is -4.57. The average molecular weight is 657 g/mol. The Morgan fingerprint density at radius 2 is 1.45 bits per heavy atom. The van der Waals surface area contributed by atoms with Crippen LogP contribution < -0.4 is 15.4 Å². The van der Waals surface area contributed by atoms with Gasteiger partial charge >= 0.3 is 5.97 Å². The van der Waals surface area contributed by atoms with Crippen molar-refractivity contribution in [2.24, 2.45) is 0 Å². The van der Waals surface area contributed by atoms with Crippen molar-refractivity contribution in [1.29, 1.82) is 0 Å². The van der Waals surface area contributed by atoms with E-state index in [0.717, 1.165) is 46.0 Å². The molecule has 0 unspecified atom stereocenters. The zero-order chi connectivity index (χ0) is 33.8. The summed E-state index contributed by atoms with van der Waals surface area (Å²) in [5.41, 5.74) is 3.92. The predicted octanol–water partition coefficient (Wildman–Crippen LogP) is 7.06. The van der Waals surface area contributed by atoms with Gasteiger partial charge in [0.1, 0.15) is 18.3 Å². The van der Waals surface area contributed by atoms with E-state index < -0.39 is 24.5 Å². The summed E-state index contributed by atoms with van der Waals surface area (Å²) in [6.45, 7) is 8.59. The quantitative estimate of drug-likeness (QED) is 0.110. The molecule has 9 nitrogen and oxygen atoms in total. The maximum atomic E-state index is 13.1. The summed E-state index contributed by atoms with van der Waals surface area (Å²) in [5.74, 6) is -1.27. The van der Waals surface area contributed by atoms with Gasteiger partial charge in [0.15, 0.2) is 0 Å². The van der Waals surface area contributed by atoms with Crippen molar-refractivity contribution in [3.05, 3.63) is 88.1 Å². The van der Waals surface area contributed by atoms with Crippen LogP contribution in [-0.2, 0) is 21.4 Å². The van der Waals surface area contributed by atoms with E-state index in [-0.39, 0.29) is 17.7 Å². The summed E-state index contributed by atoms with van der Waals surface area (Å²) in [5, 5.41) is 23.1. The largest absolute Gasteiger partial charge is 0.494 e. The van der Waals surface area contributed by atoms with Crippen LogP contribution in [0.15, 0.2) is 72.8 Å². The number of amides is 2. The number of aliphatic carboxylic acids is 1. The van der Waals surface area contributed by atoms with E-state index in [4.69, 9.17) is 9.84 Å². The fourth-order valence-electron chi connectivity index (χ4n) is 4.89. The van der Waals surface area contributed by atoms with Crippen LogP contribution >= 0.6 is 11.3 Å². The molecule has 0 spiro atoms. The Balaban J connectivity index is 1.38. The molecule has 3 N–H and O–H groups in total. The van der Waals surface area contributed by atoms with Crippen LogP contribution in [0.2, 0.25) is 0 Å². The molecule has 2 aromatic heterocycles. The summed E-state index contributed by atoms with van der Waals surface area (Å²) >= 11 is 1.37. The van der Waals surface area contributed by atoms with Crippen LogP contribution in [-0.4, -0.2) is 52.3 Å². The maximum Gasteiger partial charge on any atom is 0.322 e. The molecule has 0 aliphatic carbocycles. The van der Waals surface area contributed by atoms with Gasteiger partial charge in [-0.25, -0.2) is 0 Å². The summed E-state index contributed by atoms with van der Waals surface area (Å²) < 4.78 is 5.87. The van der Waals surface area contributed by atoms with Crippen LogP contribution in [0.3, 0.4) is 0 Å². The van der Waals surface area contributed by atoms with E-state index >= 15 is 0 Å². The number of carbonyl (C=O) groups excluding carboxylic acids is 2. The highest BCUT2D eigenvalue weighted by molar-refractivity contribution is 7.14. The Kier molecular flexibility index (Phi) is 12.6. The molecule has 2 heterocycles. The molecule has 0 saturated carbocycles. The van der Waals surface area contributed by atoms with Crippen molar-refractivity contribution < 1.29 is 24.2 Å². The molecule has 0 bridgehead atoms. The first-order valence-corrected chi connectivity index (χ1v) is 16.9. The molecule has 0 aliphatic heterocycles. The SMILES string of the molecule is CCCCCCCOc1ccc(-c2ccc(-c3ccc(C[C@H](NC(=O)c4ccc(C(C)(C)C)s4)C(=O)NCC(=O)O)cc3)nn2)cc1. The molecule has 2 amide bonds. The zero-order valence-corrected chi connectivity index (χ0v) is 28.4. The molecule has 10 heteroatoms. The lowest BCUT2D eigenvalue weighted by molar-refractivity contribution is -0.138. The molecule has 2 aromatic carbocycles. The third-order valence-electron chi connectivity index (χ3n) is 7.63. The number of ether oxygens (including phenoxy) is 1. The van der Waals surface area contributed by atoms with E-state index in [1.54, 1.807) is 6.07 Å². The second kappa shape index (κ2) is 16.8. The standard InChI is InChI=1S/C37H44N4O5S/c1-5-6-7-8-9-22-46-28-16-14-27(15-17-28)30-19-18-29(40-41-30)26-12-10-25(11-13-26)23-31(35(44)38-24-34(42)43)39-36(45)32-20-21-33(47-32)37(2,3)4/h10-21,31H,5-9,22-24H2,1-4H3,(H,38,44)(H,39,45)(H,42,43)/t31-/m0/s1. The number of nitrogens with zero attached hydrogens (tertiary/aromatic N) is 2. The molecule has 4 aromatic rings. The van der Waals surface area contributed by atoms with Crippen molar-refractivity contribution >= 4 is 29.1 Å². The van der Waals surface area contributed by atoms with Gasteiger partial charge in [-0.1, -0.05) is 77.6 Å². The molecule has 47 heavy (non-hydrogen) atoms. The van der Waals surface area contributed by atoms with E-state index in [0.29, 0.717) is 10.6 Å². The van der Waals surface area contributed by atoms with Gasteiger partial charge in [-0.2, -0.15) is 0 Å². The molecular formula is C37H44N4O5S. The Bertz CT molecular complexity index is 1610. The van der Waals surface area contributed by atoms with Gasteiger partial charge in [0.25, 0.3) is 5.91 Å². The first-order chi connectivity index (χ1) is 22.5. The molecular weight excluding hydrogens is 612 g/mol. The number of nitrogens with one attached hydrogen (secondary N) is 2. The molecule has 1 atom stereocenters. The lowest BCUT2D eigenvalue weighted by atomic mass is 9.95. The second-order valence-electron chi connectivity index (χ2n) is 12.5. The zero-order valence-electron chi connectivity index (χ0n) is 27.5. The van der Waals surface area contributed by atoms with Gasteiger partial charge in [0.05, 0.1) is 22.9 Å². The van der Waals surface area contributed by atoms with Crippen molar-refractivity contribution in [3.8, 4) is 28.3 Å². The van der Waals surface area contributed by atoms with Gasteiger partial charge in [0.2, 0.25) is 5.91 Å². The minimum atomic E-state index is -1.16. The normalized spacial score (nSPS) is 11.9. The number of carbonyl (C=O) groups is 3. The molecule has 0 aliphatic rings. The molecule has 248 valence electrons. The van der Waals surface area contributed by atoms with Crippen LogP contribution in [0.1, 0.15) is 79.9 Å². The number of rotatable bonds is 16. The minimum Gasteiger partial charge on any atom is -0.494 e. The van der Waals surface area contributed by atoms with Gasteiger partial charge < -0.3 is 20.5 Å². The number of benzene rings is 2. The Morgan fingerprint density at radius 1 is 0.830 bits per heavy atom. The highest BCUT2D eigenvalue weighted by Gasteiger charge is 2.25. The van der Waals surface area contributed by atoms with Crippen molar-refractivity contribution in [1.82, 2.24) is 20.8 Å². The van der Waals surface area contributed by atoms with E-state index in [1.807, 2.05) is 66.7 Å². The van der Waals surface area contributed by atoms with Gasteiger partial charge in [-0.3, -0.25) is 14.4 Å². The highest BCUT2D eigenvalue weighted by Crippen LogP contribution is 2.29. The fourth-order valence-corrected chi connectivity index (χ4v) is 5.86. The minimum absolute atomic E-state index is 0.109. The summed E-state index contributed by atoms with van der Waals surface area (Å²) in [6.07, 6.45) is 6.18. The van der Waals surface area contributed by atoms with Crippen molar-refractivity contribution in [3.63, 3.8) is 0 Å². The van der Waals surface area contributed by atoms with Crippen LogP contribution in [0.5, 0.6) is 5.75 Å². The Morgan fingerprint density at radius 3 is 2.00 bits per heavy atom. The number of unbranched alkanes of at least 4 members (excludes halogenated alkanes) is 4. The highest BCUT2D eigenvalue weighted by atomic mass is 32.1. The number of hydrogen-bond acceptors (Lipinski definition) is 7. The third kappa shape index (κ3) is 10.7. The summed E-state index contributed by atoms with van der Waals surface area (Å²) in [4.78, 5) is 38.6. The number of carboxylic acids is 1. The molecule has 0 saturated heterocycles. The van der Waals surface area contributed by atoms with Crippen LogP contribution in [0.4, 0.5) is 0 Å². The number of carboxylic acid groups (broad SMARTS) is 1. The fraction of sp³-hybridized carbons (Fsp3) is 0.378. The van der Waals surface area contributed by atoms with Crippen LogP contribution in [0.25, 0.3) is 22.5 Å². The van der Waals surface area contributed by atoms with Crippen LogP contribution in [0, 0.1) is 0 Å². The third-order valence-corrected chi connectivity index (χ3v) is 9.14. The van der Waals surface area contributed by atoms with Gasteiger partial charge in [-0.05, 0) is 65.9 Å². The predicted molar refractivity (Wildman–Crippen MR) is 186 cm³/mol. The maximum absolute atomic E-state index is 13.1. The summed E-state index contributed by atoms with van der Waals surface area (Å²) in [6, 6.07) is 21.9. The first-order valence-electron chi connectivity index (χ1n) is 16.1. The van der Waals surface area contributed by atoms with E-state index in [1.165, 1.54) is 37.0 Å². The summed E-state index contributed by atoms with van der Waals surface area (Å²) in [7, 11) is 0. The molecule has 0 radical (unpaired) electrons. The number of aromatic nitrogens is 2. The van der Waals surface area contributed by atoms with Gasteiger partial charge in [0, 0.05) is 22.4 Å². The number of hydrogen-bond donors (Lipinski definition) is 3. The van der Waals surface area contributed by atoms with E-state index in [9.17, 15) is 14.4 Å². The monoisotopic (exact) mass is 656 g/mol. The molecule has 4 rings (SSSR count). The van der Waals surface area contributed by atoms with Gasteiger partial charge in [-0.15, -0.1) is 21.5 Å². The topological polar surface area (TPSA) is 131 Å². The van der Waals surface area contributed by atoms with Crippen molar-refractivity contribution in [2.45, 2.75) is 77.7 Å². The van der Waals surface area contributed by atoms with Crippen molar-refractivity contribution in [2.75, 3.05) is 13.2 Å². The Labute approximate surface area is 280 Å².